The third-order valence-electron chi connectivity index (χ3n) is 3.30. The fourth-order valence-corrected chi connectivity index (χ4v) is 2.80. The summed E-state index contributed by atoms with van der Waals surface area (Å²) in [5.41, 5.74) is 2.57. The first-order valence-electron chi connectivity index (χ1n) is 6.13. The molecule has 1 aromatic heterocycles. The van der Waals surface area contributed by atoms with E-state index < -0.39 is 0 Å². The predicted molar refractivity (Wildman–Crippen MR) is 83.1 cm³/mol. The third kappa shape index (κ3) is 2.16. The number of rotatable bonds is 2. The molecule has 0 aliphatic rings. The van der Waals surface area contributed by atoms with Gasteiger partial charge in [-0.15, -0.1) is 0 Å². The summed E-state index contributed by atoms with van der Waals surface area (Å²) >= 11 is 12.6. The second kappa shape index (κ2) is 5.41. The second-order valence-electron chi connectivity index (χ2n) is 4.45. The molecule has 0 bridgehead atoms. The van der Waals surface area contributed by atoms with Crippen molar-refractivity contribution in [3.8, 4) is 11.1 Å². The minimum Gasteiger partial charge on any atom is -0.392 e. The Morgan fingerprint density at radius 2 is 1.80 bits per heavy atom. The summed E-state index contributed by atoms with van der Waals surface area (Å²) < 4.78 is 0. The molecule has 100 valence electrons. The Morgan fingerprint density at radius 1 is 0.950 bits per heavy atom. The van der Waals surface area contributed by atoms with Crippen molar-refractivity contribution in [1.82, 2.24) is 4.98 Å². The maximum absolute atomic E-state index is 9.33. The Balaban J connectivity index is 2.33. The van der Waals surface area contributed by atoms with Gasteiger partial charge in [0, 0.05) is 28.4 Å². The van der Waals surface area contributed by atoms with Gasteiger partial charge < -0.3 is 5.11 Å². The average molecular weight is 304 g/mol. The Kier molecular flexibility index (Phi) is 3.62. The van der Waals surface area contributed by atoms with E-state index in [-0.39, 0.29) is 6.61 Å². The largest absolute Gasteiger partial charge is 0.392 e. The fraction of sp³-hybridized carbons (Fsp3) is 0.0625. The lowest BCUT2D eigenvalue weighted by Gasteiger charge is -2.11. The van der Waals surface area contributed by atoms with Crippen molar-refractivity contribution in [2.24, 2.45) is 0 Å². The van der Waals surface area contributed by atoms with Crippen molar-refractivity contribution >= 4 is 34.0 Å². The van der Waals surface area contributed by atoms with Crippen LogP contribution in [0.1, 0.15) is 5.56 Å². The highest BCUT2D eigenvalue weighted by Crippen LogP contribution is 2.37. The van der Waals surface area contributed by atoms with Gasteiger partial charge in [0.1, 0.15) is 0 Å². The van der Waals surface area contributed by atoms with Crippen LogP contribution in [0.2, 0.25) is 10.0 Å². The molecule has 0 atom stereocenters. The number of pyridine rings is 1. The minimum atomic E-state index is -0.0836. The normalized spacial score (nSPS) is 10.9. The molecule has 0 saturated heterocycles. The van der Waals surface area contributed by atoms with E-state index in [2.05, 4.69) is 4.98 Å². The molecule has 1 heterocycles. The smallest absolute Gasteiger partial charge is 0.0696 e. The number of halogens is 2. The number of hydrogen-bond acceptors (Lipinski definition) is 2. The van der Waals surface area contributed by atoms with Crippen LogP contribution >= 0.6 is 23.2 Å². The standard InChI is InChI=1S/C16H11Cl2NO/c17-15-5-4-11(12-6-7-19-8-14(12)15)13-3-1-2-10(9-20)16(13)18/h1-8,20H,9H2. The highest BCUT2D eigenvalue weighted by molar-refractivity contribution is 6.37. The molecular formula is C16H11Cl2NO. The molecule has 0 amide bonds. The van der Waals surface area contributed by atoms with E-state index in [1.807, 2.05) is 36.4 Å². The van der Waals surface area contributed by atoms with Crippen molar-refractivity contribution in [2.45, 2.75) is 6.61 Å². The van der Waals surface area contributed by atoms with Crippen molar-refractivity contribution < 1.29 is 5.11 Å². The van der Waals surface area contributed by atoms with Gasteiger partial charge in [0.25, 0.3) is 0 Å². The van der Waals surface area contributed by atoms with E-state index >= 15 is 0 Å². The molecule has 2 aromatic carbocycles. The first kappa shape index (κ1) is 13.4. The van der Waals surface area contributed by atoms with Gasteiger partial charge in [-0.25, -0.2) is 0 Å². The number of hydrogen-bond donors (Lipinski definition) is 1. The molecule has 0 fully saturated rings. The van der Waals surface area contributed by atoms with Gasteiger partial charge in [-0.3, -0.25) is 4.98 Å². The maximum atomic E-state index is 9.33. The number of benzene rings is 2. The molecule has 3 rings (SSSR count). The van der Waals surface area contributed by atoms with E-state index in [4.69, 9.17) is 23.2 Å². The number of aliphatic hydroxyl groups excluding tert-OH is 1. The Morgan fingerprint density at radius 3 is 2.60 bits per heavy atom. The van der Waals surface area contributed by atoms with Crippen LogP contribution in [0.3, 0.4) is 0 Å². The van der Waals surface area contributed by atoms with Crippen molar-refractivity contribution in [3.63, 3.8) is 0 Å². The summed E-state index contributed by atoms with van der Waals surface area (Å²) in [7, 11) is 0. The Bertz CT molecular complexity index is 787. The highest BCUT2D eigenvalue weighted by atomic mass is 35.5. The van der Waals surface area contributed by atoms with E-state index in [1.165, 1.54) is 0 Å². The van der Waals surface area contributed by atoms with Gasteiger partial charge >= 0.3 is 0 Å². The molecule has 0 radical (unpaired) electrons. The molecule has 0 spiro atoms. The third-order valence-corrected chi connectivity index (χ3v) is 4.08. The van der Waals surface area contributed by atoms with Crippen LogP contribution in [0.15, 0.2) is 48.8 Å². The van der Waals surface area contributed by atoms with E-state index in [0.717, 1.165) is 21.9 Å². The fourth-order valence-electron chi connectivity index (χ4n) is 2.30. The number of aromatic nitrogens is 1. The van der Waals surface area contributed by atoms with Crippen LogP contribution < -0.4 is 0 Å². The van der Waals surface area contributed by atoms with Crippen LogP contribution in [0.5, 0.6) is 0 Å². The number of fused-ring (bicyclic) bond motifs is 1. The zero-order chi connectivity index (χ0) is 14.1. The van der Waals surface area contributed by atoms with Gasteiger partial charge in [0.2, 0.25) is 0 Å². The molecule has 0 aliphatic heterocycles. The lowest BCUT2D eigenvalue weighted by atomic mass is 9.98. The summed E-state index contributed by atoms with van der Waals surface area (Å²) in [5.74, 6) is 0. The quantitative estimate of drug-likeness (QED) is 0.744. The van der Waals surface area contributed by atoms with Gasteiger partial charge in [-0.2, -0.15) is 0 Å². The van der Waals surface area contributed by atoms with Crippen molar-refractivity contribution in [1.29, 1.82) is 0 Å². The van der Waals surface area contributed by atoms with Crippen LogP contribution in [0.25, 0.3) is 21.9 Å². The van der Waals surface area contributed by atoms with Crippen molar-refractivity contribution in [3.05, 3.63) is 64.4 Å². The number of nitrogens with zero attached hydrogens (tertiary/aromatic N) is 1. The first-order chi connectivity index (χ1) is 9.72. The summed E-state index contributed by atoms with van der Waals surface area (Å²) in [5, 5.41) is 12.4. The van der Waals surface area contributed by atoms with Gasteiger partial charge in [-0.1, -0.05) is 47.5 Å². The molecule has 4 heteroatoms. The minimum absolute atomic E-state index is 0.0836. The van der Waals surface area contributed by atoms with Crippen LogP contribution in [0.4, 0.5) is 0 Å². The van der Waals surface area contributed by atoms with Crippen molar-refractivity contribution in [2.75, 3.05) is 0 Å². The van der Waals surface area contributed by atoms with E-state index in [1.54, 1.807) is 12.4 Å². The lowest BCUT2D eigenvalue weighted by molar-refractivity contribution is 0.282. The molecule has 20 heavy (non-hydrogen) atoms. The molecule has 1 N–H and O–H groups in total. The lowest BCUT2D eigenvalue weighted by Crippen LogP contribution is -1.89. The molecule has 2 nitrogen and oxygen atoms in total. The maximum Gasteiger partial charge on any atom is 0.0696 e. The van der Waals surface area contributed by atoms with Crippen LogP contribution in [-0.4, -0.2) is 10.1 Å². The second-order valence-corrected chi connectivity index (χ2v) is 5.24. The topological polar surface area (TPSA) is 33.1 Å². The van der Waals surface area contributed by atoms with Gasteiger partial charge in [0.15, 0.2) is 0 Å². The molecule has 3 aromatic rings. The average Bonchev–Trinajstić information content (AvgIpc) is 2.49. The number of aliphatic hydroxyl groups is 1. The van der Waals surface area contributed by atoms with Crippen LogP contribution in [-0.2, 0) is 6.61 Å². The predicted octanol–water partition coefficient (Wildman–Crippen LogP) is 4.70. The summed E-state index contributed by atoms with van der Waals surface area (Å²) in [4.78, 5) is 4.11. The molecular weight excluding hydrogens is 293 g/mol. The van der Waals surface area contributed by atoms with Gasteiger partial charge in [0.05, 0.1) is 11.6 Å². The van der Waals surface area contributed by atoms with E-state index in [0.29, 0.717) is 15.6 Å². The Labute approximate surface area is 126 Å². The first-order valence-corrected chi connectivity index (χ1v) is 6.89. The Hall–Kier alpha value is -1.61. The highest BCUT2D eigenvalue weighted by Gasteiger charge is 2.11. The van der Waals surface area contributed by atoms with Gasteiger partial charge in [-0.05, 0) is 28.6 Å². The molecule has 0 saturated carbocycles. The van der Waals surface area contributed by atoms with Crippen LogP contribution in [0, 0.1) is 0 Å². The summed E-state index contributed by atoms with van der Waals surface area (Å²) in [6.45, 7) is -0.0836. The molecule has 0 aliphatic carbocycles. The zero-order valence-corrected chi connectivity index (χ0v) is 12.0. The summed E-state index contributed by atoms with van der Waals surface area (Å²) in [6, 6.07) is 11.3. The van der Waals surface area contributed by atoms with E-state index in [9.17, 15) is 5.11 Å². The SMILES string of the molecule is OCc1cccc(-c2ccc(Cl)c3cnccc23)c1Cl. The molecule has 0 unspecified atom stereocenters. The zero-order valence-electron chi connectivity index (χ0n) is 10.5. The summed E-state index contributed by atoms with van der Waals surface area (Å²) in [6.07, 6.45) is 3.47. The monoisotopic (exact) mass is 303 g/mol.